The first kappa shape index (κ1) is 23.3. The molecule has 6 rings (SSSR count). The molecule has 188 valence electrons. The second-order valence-corrected chi connectivity index (χ2v) is 9.91. The van der Waals surface area contributed by atoms with Crippen molar-refractivity contribution in [1.29, 1.82) is 0 Å². The van der Waals surface area contributed by atoms with E-state index in [4.69, 9.17) is 14.5 Å². The molecule has 4 aromatic rings. The number of carbonyl (C=O) groups excluding carboxylic acids is 1. The zero-order valence-corrected chi connectivity index (χ0v) is 21.1. The fourth-order valence-corrected chi connectivity index (χ4v) is 4.88. The van der Waals surface area contributed by atoms with Crippen molar-refractivity contribution < 1.29 is 14.3 Å². The zero-order valence-electron chi connectivity index (χ0n) is 21.1. The molecule has 8 nitrogen and oxygen atoms in total. The van der Waals surface area contributed by atoms with Gasteiger partial charge < -0.3 is 9.47 Å². The molecule has 1 aromatic carbocycles. The Bertz CT molecular complexity index is 1420. The summed E-state index contributed by atoms with van der Waals surface area (Å²) in [5.41, 5.74) is 6.27. The molecule has 0 aliphatic heterocycles. The molecule has 0 N–H and O–H groups in total. The van der Waals surface area contributed by atoms with Crippen LogP contribution in [-0.2, 0) is 28.4 Å². The highest BCUT2D eigenvalue weighted by Gasteiger charge is 2.52. The van der Waals surface area contributed by atoms with E-state index in [0.717, 1.165) is 65.0 Å². The molecule has 0 radical (unpaired) electrons. The van der Waals surface area contributed by atoms with Crippen LogP contribution in [-0.4, -0.2) is 43.9 Å². The number of carbonyl (C=O) groups is 1. The van der Waals surface area contributed by atoms with Crippen molar-refractivity contribution in [1.82, 2.24) is 24.7 Å². The minimum absolute atomic E-state index is 0.151. The van der Waals surface area contributed by atoms with Gasteiger partial charge in [-0.05, 0) is 49.3 Å². The van der Waals surface area contributed by atoms with Gasteiger partial charge >= 0.3 is 5.97 Å². The molecule has 0 amide bonds. The Balaban J connectivity index is 1.20. The number of hydrogen-bond donors (Lipinski definition) is 0. The van der Waals surface area contributed by atoms with Gasteiger partial charge in [0.1, 0.15) is 6.10 Å². The Morgan fingerprint density at radius 1 is 1.03 bits per heavy atom. The van der Waals surface area contributed by atoms with Crippen LogP contribution in [0.25, 0.3) is 22.4 Å². The molecule has 0 atom stereocenters. The number of benzene rings is 1. The average Bonchev–Trinajstić information content (AvgIpc) is 3.65. The number of esters is 1. The fraction of sp³-hybridized carbons (Fsp3) is 0.345. The topological polar surface area (TPSA) is 92.0 Å². The fourth-order valence-electron chi connectivity index (χ4n) is 4.88. The van der Waals surface area contributed by atoms with Gasteiger partial charge in [0.05, 0.1) is 42.0 Å². The van der Waals surface area contributed by atoms with Gasteiger partial charge in [-0.3, -0.25) is 19.4 Å². The normalized spacial score (nSPS) is 16.2. The molecule has 37 heavy (non-hydrogen) atoms. The Kier molecular flexibility index (Phi) is 5.94. The first-order valence-corrected chi connectivity index (χ1v) is 12.7. The number of nitrogens with zero attached hydrogens (tertiary/aromatic N) is 5. The zero-order chi connectivity index (χ0) is 25.4. The summed E-state index contributed by atoms with van der Waals surface area (Å²) in [4.78, 5) is 25.9. The van der Waals surface area contributed by atoms with Crippen LogP contribution in [0.3, 0.4) is 0 Å². The van der Waals surface area contributed by atoms with Crippen LogP contribution in [0.1, 0.15) is 49.1 Å². The molecule has 3 heterocycles. The Labute approximate surface area is 215 Å². The van der Waals surface area contributed by atoms with E-state index in [1.807, 2.05) is 54.5 Å². The maximum atomic E-state index is 12.2. The van der Waals surface area contributed by atoms with E-state index in [2.05, 4.69) is 21.1 Å². The highest BCUT2D eigenvalue weighted by Crippen LogP contribution is 2.49. The van der Waals surface area contributed by atoms with E-state index in [1.54, 1.807) is 12.4 Å². The highest BCUT2D eigenvalue weighted by molar-refractivity contribution is 5.86. The Morgan fingerprint density at radius 2 is 1.81 bits per heavy atom. The van der Waals surface area contributed by atoms with Crippen LogP contribution in [0.2, 0.25) is 0 Å². The minimum Gasteiger partial charge on any atom is -0.473 e. The summed E-state index contributed by atoms with van der Waals surface area (Å²) in [6, 6.07) is 12.2. The van der Waals surface area contributed by atoms with Gasteiger partial charge in [0, 0.05) is 37.0 Å². The van der Waals surface area contributed by atoms with Crippen LogP contribution in [0, 0.1) is 0 Å². The van der Waals surface area contributed by atoms with Gasteiger partial charge in [0.15, 0.2) is 0 Å². The molecule has 0 saturated heterocycles. The van der Waals surface area contributed by atoms with Crippen molar-refractivity contribution in [2.75, 3.05) is 7.11 Å². The Morgan fingerprint density at radius 3 is 2.46 bits per heavy atom. The van der Waals surface area contributed by atoms with Gasteiger partial charge in [0.25, 0.3) is 0 Å². The van der Waals surface area contributed by atoms with Crippen LogP contribution >= 0.6 is 0 Å². The van der Waals surface area contributed by atoms with Crippen LogP contribution < -0.4 is 4.74 Å². The van der Waals surface area contributed by atoms with Gasteiger partial charge in [-0.25, -0.2) is 4.98 Å². The summed E-state index contributed by atoms with van der Waals surface area (Å²) in [7, 11) is 3.38. The summed E-state index contributed by atoms with van der Waals surface area (Å²) in [6.07, 6.45) is 13.1. The smallest absolute Gasteiger partial charge is 0.316 e. The van der Waals surface area contributed by atoms with E-state index in [-0.39, 0.29) is 12.1 Å². The van der Waals surface area contributed by atoms with Crippen molar-refractivity contribution in [2.45, 2.75) is 50.0 Å². The van der Waals surface area contributed by atoms with Gasteiger partial charge in [0.2, 0.25) is 5.88 Å². The first-order chi connectivity index (χ1) is 18.1. The lowest BCUT2D eigenvalue weighted by Crippen LogP contribution is -2.25. The Hall–Kier alpha value is -4.07. The number of pyridine rings is 1. The highest BCUT2D eigenvalue weighted by atomic mass is 16.5. The second-order valence-electron chi connectivity index (χ2n) is 9.91. The maximum absolute atomic E-state index is 12.2. The van der Waals surface area contributed by atoms with Crippen LogP contribution in [0.15, 0.2) is 61.2 Å². The quantitative estimate of drug-likeness (QED) is 0.328. The first-order valence-electron chi connectivity index (χ1n) is 12.7. The summed E-state index contributed by atoms with van der Waals surface area (Å²) in [6.45, 7) is 0. The molecular weight excluding hydrogens is 466 g/mol. The molecule has 2 aliphatic carbocycles. The predicted molar refractivity (Wildman–Crippen MR) is 138 cm³/mol. The monoisotopic (exact) mass is 495 g/mol. The number of hydrogen-bond acceptors (Lipinski definition) is 7. The second kappa shape index (κ2) is 9.42. The lowest BCUT2D eigenvalue weighted by molar-refractivity contribution is -0.143. The standard InChI is InChI=1S/C29H29N5O3/c1-34-26(14-22-16-30-18-27(33-22)37-23-4-3-5-23)24(17-32-34)25-11-8-20(15-31-25)19-6-9-21(10-7-19)29(12-13-29)28(35)36-2/h6-11,15-18,23H,3-5,12-14H2,1-2H3. The van der Waals surface area contributed by atoms with Crippen molar-refractivity contribution >= 4 is 5.97 Å². The lowest BCUT2D eigenvalue weighted by atomic mass is 9.94. The van der Waals surface area contributed by atoms with Gasteiger partial charge in [-0.15, -0.1) is 0 Å². The van der Waals surface area contributed by atoms with Gasteiger partial charge in [-0.1, -0.05) is 30.3 Å². The summed E-state index contributed by atoms with van der Waals surface area (Å²) in [5.74, 6) is 0.431. The predicted octanol–water partition coefficient (Wildman–Crippen LogP) is 4.67. The molecular formula is C29H29N5O3. The third-order valence-electron chi connectivity index (χ3n) is 7.55. The van der Waals surface area contributed by atoms with Crippen molar-refractivity contribution in [2.24, 2.45) is 7.05 Å². The molecule has 2 saturated carbocycles. The SMILES string of the molecule is COC(=O)C1(c2ccc(-c3ccc(-c4cnn(C)c4Cc4cncc(OC5CCC5)n4)nc3)cc2)CC1. The number of aromatic nitrogens is 5. The van der Waals surface area contributed by atoms with Crippen molar-refractivity contribution in [3.05, 3.63) is 78.1 Å². The number of ether oxygens (including phenoxy) is 2. The molecule has 3 aromatic heterocycles. The summed E-state index contributed by atoms with van der Waals surface area (Å²) in [5, 5.41) is 4.48. The molecule has 8 heteroatoms. The van der Waals surface area contributed by atoms with E-state index < -0.39 is 5.41 Å². The minimum atomic E-state index is -0.459. The van der Waals surface area contributed by atoms with Crippen molar-refractivity contribution in [3.63, 3.8) is 0 Å². The van der Waals surface area contributed by atoms with E-state index in [9.17, 15) is 4.79 Å². The maximum Gasteiger partial charge on any atom is 0.316 e. The van der Waals surface area contributed by atoms with E-state index >= 15 is 0 Å². The van der Waals surface area contributed by atoms with E-state index in [0.29, 0.717) is 12.3 Å². The average molecular weight is 496 g/mol. The molecule has 0 bridgehead atoms. The molecule has 0 unspecified atom stereocenters. The largest absolute Gasteiger partial charge is 0.473 e. The summed E-state index contributed by atoms with van der Waals surface area (Å²) >= 11 is 0. The third-order valence-corrected chi connectivity index (χ3v) is 7.55. The lowest BCUT2D eigenvalue weighted by Gasteiger charge is -2.25. The van der Waals surface area contributed by atoms with Crippen LogP contribution in [0.4, 0.5) is 0 Å². The number of rotatable bonds is 8. The molecule has 2 fully saturated rings. The number of aryl methyl sites for hydroxylation is 1. The molecule has 2 aliphatic rings. The molecule has 0 spiro atoms. The van der Waals surface area contributed by atoms with Gasteiger partial charge in [-0.2, -0.15) is 5.10 Å². The van der Waals surface area contributed by atoms with Crippen molar-refractivity contribution in [3.8, 4) is 28.3 Å². The summed E-state index contributed by atoms with van der Waals surface area (Å²) < 4.78 is 12.8. The number of methoxy groups -OCH3 is 1. The van der Waals surface area contributed by atoms with Crippen LogP contribution in [0.5, 0.6) is 5.88 Å². The van der Waals surface area contributed by atoms with E-state index in [1.165, 1.54) is 13.5 Å². The third kappa shape index (κ3) is 4.48.